The summed E-state index contributed by atoms with van der Waals surface area (Å²) in [7, 11) is -2.64. The molecule has 0 aliphatic carbocycles. The van der Waals surface area contributed by atoms with Crippen LogP contribution in [0.4, 0.5) is 5.69 Å². The van der Waals surface area contributed by atoms with Crippen LogP contribution in [0.3, 0.4) is 0 Å². The van der Waals surface area contributed by atoms with Gasteiger partial charge in [-0.15, -0.1) is 0 Å². The highest BCUT2D eigenvalue weighted by molar-refractivity contribution is 7.92. The first-order valence-corrected chi connectivity index (χ1v) is 13.7. The molecule has 0 aliphatic heterocycles. The largest absolute Gasteiger partial charge is 0.357 e. The third kappa shape index (κ3) is 6.63. The Hall–Kier alpha value is -3.07. The van der Waals surface area contributed by atoms with Crippen molar-refractivity contribution in [2.24, 2.45) is 0 Å². The maximum Gasteiger partial charge on any atom is 0.264 e. The number of amides is 2. The van der Waals surface area contributed by atoms with Crippen LogP contribution in [0.25, 0.3) is 0 Å². The summed E-state index contributed by atoms with van der Waals surface area (Å²) in [6, 6.07) is 17.2. The summed E-state index contributed by atoms with van der Waals surface area (Å²) in [6.45, 7) is 4.73. The molecular formula is C27H29Cl2N3O4S. The quantitative estimate of drug-likeness (QED) is 0.399. The number of nitrogens with one attached hydrogen (secondary N) is 1. The van der Waals surface area contributed by atoms with Crippen LogP contribution in [0.1, 0.15) is 23.6 Å². The molecule has 1 atom stereocenters. The smallest absolute Gasteiger partial charge is 0.264 e. The highest BCUT2D eigenvalue weighted by Crippen LogP contribution is 2.29. The van der Waals surface area contributed by atoms with Crippen LogP contribution in [0.15, 0.2) is 71.6 Å². The third-order valence-electron chi connectivity index (χ3n) is 6.00. The van der Waals surface area contributed by atoms with Gasteiger partial charge in [-0.25, -0.2) is 8.42 Å². The molecule has 0 aromatic heterocycles. The summed E-state index contributed by atoms with van der Waals surface area (Å²) in [4.78, 5) is 27.7. The number of likely N-dealkylation sites (N-methyl/N-ethyl adjacent to an activating group) is 1. The van der Waals surface area contributed by atoms with Gasteiger partial charge in [-0.05, 0) is 62.2 Å². The minimum absolute atomic E-state index is 0.0183. The Bertz CT molecular complexity index is 1400. The SMILES string of the molecule is CNC(=O)C(C)N(Cc1ccc(Cl)cc1Cl)C(=O)CN(c1ccc(C)cc1C)S(=O)(=O)c1ccccc1. The second-order valence-electron chi connectivity index (χ2n) is 8.66. The fourth-order valence-corrected chi connectivity index (χ4v) is 5.91. The Labute approximate surface area is 228 Å². The molecule has 0 spiro atoms. The van der Waals surface area contributed by atoms with E-state index in [1.54, 1.807) is 62.4 Å². The van der Waals surface area contributed by atoms with Gasteiger partial charge in [0.1, 0.15) is 12.6 Å². The molecule has 2 amide bonds. The summed E-state index contributed by atoms with van der Waals surface area (Å²) in [5.74, 6) is -0.969. The maximum atomic E-state index is 13.8. The van der Waals surface area contributed by atoms with Crippen LogP contribution in [0.5, 0.6) is 0 Å². The van der Waals surface area contributed by atoms with Crippen LogP contribution in [0, 0.1) is 13.8 Å². The number of sulfonamides is 1. The Kier molecular flexibility index (Phi) is 9.23. The van der Waals surface area contributed by atoms with E-state index >= 15 is 0 Å². The number of aryl methyl sites for hydroxylation is 2. The van der Waals surface area contributed by atoms with Crippen molar-refractivity contribution in [3.63, 3.8) is 0 Å². The zero-order valence-corrected chi connectivity index (χ0v) is 23.4. The van der Waals surface area contributed by atoms with Gasteiger partial charge in [-0.2, -0.15) is 0 Å². The lowest BCUT2D eigenvalue weighted by Gasteiger charge is -2.32. The topological polar surface area (TPSA) is 86.8 Å². The van der Waals surface area contributed by atoms with Gasteiger partial charge >= 0.3 is 0 Å². The average Bonchev–Trinajstić information content (AvgIpc) is 2.86. The Morgan fingerprint density at radius 3 is 2.24 bits per heavy atom. The van der Waals surface area contributed by atoms with Crippen molar-refractivity contribution in [1.82, 2.24) is 10.2 Å². The number of anilines is 1. The van der Waals surface area contributed by atoms with Crippen LogP contribution >= 0.6 is 23.2 Å². The summed E-state index contributed by atoms with van der Waals surface area (Å²) in [6.07, 6.45) is 0. The molecular weight excluding hydrogens is 533 g/mol. The summed E-state index contributed by atoms with van der Waals surface area (Å²) >= 11 is 12.4. The van der Waals surface area contributed by atoms with Crippen LogP contribution < -0.4 is 9.62 Å². The molecule has 0 heterocycles. The number of rotatable bonds is 9. The molecule has 196 valence electrons. The molecule has 10 heteroatoms. The fourth-order valence-electron chi connectivity index (χ4n) is 3.94. The van der Waals surface area contributed by atoms with Gasteiger partial charge in [0.15, 0.2) is 0 Å². The highest BCUT2D eigenvalue weighted by atomic mass is 35.5. The van der Waals surface area contributed by atoms with Gasteiger partial charge in [0.2, 0.25) is 11.8 Å². The lowest BCUT2D eigenvalue weighted by molar-refractivity contribution is -0.139. The van der Waals surface area contributed by atoms with Crippen molar-refractivity contribution in [1.29, 1.82) is 0 Å². The fraction of sp³-hybridized carbons (Fsp3) is 0.259. The third-order valence-corrected chi connectivity index (χ3v) is 8.36. The first kappa shape index (κ1) is 28.5. The zero-order chi connectivity index (χ0) is 27.3. The van der Waals surface area contributed by atoms with Crippen molar-refractivity contribution in [3.8, 4) is 0 Å². The number of halogens is 2. The molecule has 3 aromatic carbocycles. The number of hydrogen-bond donors (Lipinski definition) is 1. The molecule has 1 unspecified atom stereocenters. The van der Waals surface area contributed by atoms with E-state index in [2.05, 4.69) is 5.32 Å². The number of carbonyl (C=O) groups is 2. The van der Waals surface area contributed by atoms with Gasteiger partial charge in [-0.1, -0.05) is 65.2 Å². The molecule has 1 N–H and O–H groups in total. The van der Waals surface area contributed by atoms with E-state index in [-0.39, 0.29) is 11.4 Å². The lowest BCUT2D eigenvalue weighted by Crippen LogP contribution is -2.50. The van der Waals surface area contributed by atoms with E-state index in [4.69, 9.17) is 23.2 Å². The minimum atomic E-state index is -4.11. The van der Waals surface area contributed by atoms with Gasteiger partial charge < -0.3 is 10.2 Å². The van der Waals surface area contributed by atoms with Gasteiger partial charge in [0.25, 0.3) is 10.0 Å². The van der Waals surface area contributed by atoms with E-state index in [9.17, 15) is 18.0 Å². The monoisotopic (exact) mass is 561 g/mol. The van der Waals surface area contributed by atoms with Crippen LogP contribution in [-0.2, 0) is 26.2 Å². The van der Waals surface area contributed by atoms with Crippen molar-refractivity contribution >= 4 is 50.7 Å². The summed E-state index contributed by atoms with van der Waals surface area (Å²) in [5.41, 5.74) is 2.59. The van der Waals surface area contributed by atoms with Crippen molar-refractivity contribution in [2.45, 2.75) is 38.3 Å². The normalized spacial score (nSPS) is 12.1. The van der Waals surface area contributed by atoms with Crippen molar-refractivity contribution in [2.75, 3.05) is 17.9 Å². The average molecular weight is 563 g/mol. The van der Waals surface area contributed by atoms with Gasteiger partial charge in [0, 0.05) is 23.6 Å². The van der Waals surface area contributed by atoms with E-state index < -0.39 is 34.4 Å². The molecule has 7 nitrogen and oxygen atoms in total. The number of nitrogens with zero attached hydrogens (tertiary/aromatic N) is 2. The molecule has 0 saturated carbocycles. The molecule has 0 saturated heterocycles. The van der Waals surface area contributed by atoms with Crippen LogP contribution in [-0.4, -0.2) is 44.8 Å². The van der Waals surface area contributed by atoms with E-state index in [1.165, 1.54) is 24.1 Å². The summed E-state index contributed by atoms with van der Waals surface area (Å²) in [5, 5.41) is 3.31. The lowest BCUT2D eigenvalue weighted by atomic mass is 10.1. The number of benzene rings is 3. The first-order valence-electron chi connectivity index (χ1n) is 11.6. The Morgan fingerprint density at radius 2 is 1.65 bits per heavy atom. The molecule has 0 bridgehead atoms. The predicted octanol–water partition coefficient (Wildman–Crippen LogP) is 4.97. The second-order valence-corrected chi connectivity index (χ2v) is 11.4. The second kappa shape index (κ2) is 12.0. The van der Waals surface area contributed by atoms with Gasteiger partial charge in [0.05, 0.1) is 10.6 Å². The van der Waals surface area contributed by atoms with Crippen molar-refractivity contribution in [3.05, 3.63) is 93.5 Å². The predicted molar refractivity (Wildman–Crippen MR) is 147 cm³/mol. The zero-order valence-electron chi connectivity index (χ0n) is 21.0. The highest BCUT2D eigenvalue weighted by Gasteiger charge is 2.33. The Morgan fingerprint density at radius 1 is 0.973 bits per heavy atom. The molecule has 0 radical (unpaired) electrons. The van der Waals surface area contributed by atoms with E-state index in [0.717, 1.165) is 9.87 Å². The Balaban J connectivity index is 2.07. The van der Waals surface area contributed by atoms with Crippen LogP contribution in [0.2, 0.25) is 10.0 Å². The molecule has 3 aromatic rings. The first-order chi connectivity index (χ1) is 17.4. The number of carbonyl (C=O) groups excluding carboxylic acids is 2. The molecule has 0 aliphatic rings. The number of hydrogen-bond acceptors (Lipinski definition) is 4. The van der Waals surface area contributed by atoms with Gasteiger partial charge in [-0.3, -0.25) is 13.9 Å². The maximum absolute atomic E-state index is 13.8. The molecule has 0 fully saturated rings. The molecule has 3 rings (SSSR count). The van der Waals surface area contributed by atoms with E-state index in [0.29, 0.717) is 26.9 Å². The van der Waals surface area contributed by atoms with Crippen molar-refractivity contribution < 1.29 is 18.0 Å². The minimum Gasteiger partial charge on any atom is -0.357 e. The standard InChI is InChI=1S/C27H29Cl2N3O4S/c1-18-10-13-25(19(2)14-18)32(37(35,36)23-8-6-5-7-9-23)17-26(33)31(20(3)27(34)30-4)16-21-11-12-22(28)15-24(21)29/h5-15,20H,16-17H2,1-4H3,(H,30,34). The van der Waals surface area contributed by atoms with E-state index in [1.807, 2.05) is 13.0 Å². The summed E-state index contributed by atoms with van der Waals surface area (Å²) < 4.78 is 28.6. The molecule has 37 heavy (non-hydrogen) atoms.